The van der Waals surface area contributed by atoms with Gasteiger partial charge in [-0.3, -0.25) is 0 Å². The second-order valence-electron chi connectivity index (χ2n) is 6.68. The topological polar surface area (TPSA) is 112 Å². The lowest BCUT2D eigenvalue weighted by molar-refractivity contribution is -0.141. The zero-order chi connectivity index (χ0) is 22.2. The smallest absolute Gasteiger partial charge is 0.433 e. The lowest BCUT2D eigenvalue weighted by atomic mass is 10.1. The van der Waals surface area contributed by atoms with E-state index in [9.17, 15) is 13.2 Å². The molecule has 0 saturated heterocycles. The molecule has 0 saturated carbocycles. The Kier molecular flexibility index (Phi) is 4.97. The van der Waals surface area contributed by atoms with Crippen LogP contribution in [0.15, 0.2) is 54.6 Å². The number of halogens is 3. The monoisotopic (exact) mass is 426 g/mol. The fraction of sp³-hybridized carbons (Fsp3) is 0.0952. The number of aromatic nitrogens is 3. The Labute approximate surface area is 174 Å². The fourth-order valence-corrected chi connectivity index (χ4v) is 3.06. The van der Waals surface area contributed by atoms with Crippen LogP contribution in [0.5, 0.6) is 5.75 Å². The molecule has 0 aliphatic rings. The lowest BCUT2D eigenvalue weighted by Gasteiger charge is -2.12. The molecule has 31 heavy (non-hydrogen) atoms. The van der Waals surface area contributed by atoms with Gasteiger partial charge in [-0.2, -0.15) is 18.2 Å². The highest BCUT2D eigenvalue weighted by Crippen LogP contribution is 2.32. The summed E-state index contributed by atoms with van der Waals surface area (Å²) in [5, 5.41) is 3.45. The number of pyridine rings is 1. The van der Waals surface area contributed by atoms with Crippen molar-refractivity contribution in [2.45, 2.75) is 6.18 Å². The number of alkyl halides is 3. The average molecular weight is 426 g/mol. The number of ether oxygens (including phenoxy) is 1. The van der Waals surface area contributed by atoms with Crippen molar-refractivity contribution in [3.8, 4) is 17.0 Å². The van der Waals surface area contributed by atoms with Crippen molar-refractivity contribution in [1.82, 2.24) is 15.0 Å². The van der Waals surface area contributed by atoms with E-state index in [2.05, 4.69) is 20.3 Å². The third-order valence-electron chi connectivity index (χ3n) is 4.53. The number of nitrogen functional groups attached to an aromatic ring is 2. The molecule has 0 unspecified atom stereocenters. The highest BCUT2D eigenvalue weighted by molar-refractivity contribution is 5.95. The van der Waals surface area contributed by atoms with E-state index in [4.69, 9.17) is 16.2 Å². The molecule has 5 N–H and O–H groups in total. The summed E-state index contributed by atoms with van der Waals surface area (Å²) >= 11 is 0. The largest absolute Gasteiger partial charge is 0.497 e. The van der Waals surface area contributed by atoms with Gasteiger partial charge in [0.05, 0.1) is 18.3 Å². The summed E-state index contributed by atoms with van der Waals surface area (Å²) in [4.78, 5) is 11.7. The maximum absolute atomic E-state index is 13.0. The molecule has 4 rings (SSSR count). The van der Waals surface area contributed by atoms with E-state index >= 15 is 0 Å². The van der Waals surface area contributed by atoms with Crippen molar-refractivity contribution < 1.29 is 17.9 Å². The van der Waals surface area contributed by atoms with Crippen molar-refractivity contribution in [3.05, 3.63) is 60.3 Å². The van der Waals surface area contributed by atoms with Crippen LogP contribution in [0.25, 0.3) is 22.2 Å². The Morgan fingerprint density at radius 3 is 2.32 bits per heavy atom. The van der Waals surface area contributed by atoms with Crippen LogP contribution in [-0.2, 0) is 6.18 Å². The van der Waals surface area contributed by atoms with E-state index < -0.39 is 17.8 Å². The molecule has 0 bridgehead atoms. The van der Waals surface area contributed by atoms with Gasteiger partial charge in [-0.25, -0.2) is 9.97 Å². The van der Waals surface area contributed by atoms with E-state index in [-0.39, 0.29) is 5.82 Å². The Bertz CT molecular complexity index is 1260. The second kappa shape index (κ2) is 7.63. The fourth-order valence-electron chi connectivity index (χ4n) is 3.06. The van der Waals surface area contributed by atoms with Gasteiger partial charge in [-0.1, -0.05) is 0 Å². The van der Waals surface area contributed by atoms with Gasteiger partial charge in [0.25, 0.3) is 0 Å². The Hall–Kier alpha value is -4.08. The summed E-state index contributed by atoms with van der Waals surface area (Å²) in [5.74, 6) is 0.163. The van der Waals surface area contributed by atoms with Gasteiger partial charge in [0.2, 0.25) is 5.95 Å². The molecule has 2 aromatic carbocycles. The minimum atomic E-state index is -4.64. The first kappa shape index (κ1) is 20.2. The van der Waals surface area contributed by atoms with E-state index in [0.29, 0.717) is 28.0 Å². The highest BCUT2D eigenvalue weighted by atomic mass is 19.4. The number of rotatable bonds is 4. The summed E-state index contributed by atoms with van der Waals surface area (Å²) in [6.45, 7) is 0. The van der Waals surface area contributed by atoms with Gasteiger partial charge in [0, 0.05) is 28.4 Å². The predicted molar refractivity (Wildman–Crippen MR) is 113 cm³/mol. The molecule has 2 heterocycles. The van der Waals surface area contributed by atoms with E-state index in [1.807, 2.05) is 24.3 Å². The molecule has 2 aromatic heterocycles. The number of nitrogens with zero attached hydrogens (tertiary/aromatic N) is 3. The van der Waals surface area contributed by atoms with Crippen LogP contribution in [0.3, 0.4) is 0 Å². The number of nitrogens with one attached hydrogen (secondary N) is 1. The van der Waals surface area contributed by atoms with E-state index in [1.54, 1.807) is 31.4 Å². The summed E-state index contributed by atoms with van der Waals surface area (Å²) in [5.41, 5.74) is 13.7. The molecule has 0 amide bonds. The van der Waals surface area contributed by atoms with Crippen LogP contribution < -0.4 is 21.5 Å². The van der Waals surface area contributed by atoms with Crippen molar-refractivity contribution in [2.24, 2.45) is 0 Å². The van der Waals surface area contributed by atoms with Gasteiger partial charge in [-0.05, 0) is 48.5 Å². The first-order valence-electron chi connectivity index (χ1n) is 9.06. The Morgan fingerprint density at radius 1 is 0.903 bits per heavy atom. The van der Waals surface area contributed by atoms with Crippen molar-refractivity contribution >= 4 is 34.0 Å². The van der Waals surface area contributed by atoms with Crippen molar-refractivity contribution in [3.63, 3.8) is 0 Å². The molecule has 0 aliphatic carbocycles. The standard InChI is InChI=1S/C21H17F3N6O/c1-31-13-5-2-11(3-6-13)17-9-15(25)14-8-12(4-7-16(14)28-17)27-19-10-18(21(22,23)24)29-20(26)30-19/h2-10H,1H3,(H2,25,28)(H3,26,27,29,30). The third-order valence-corrected chi connectivity index (χ3v) is 4.53. The molecule has 0 fully saturated rings. The number of hydrogen-bond donors (Lipinski definition) is 3. The first-order chi connectivity index (χ1) is 14.7. The molecule has 4 aromatic rings. The van der Waals surface area contributed by atoms with Crippen LogP contribution in [0, 0.1) is 0 Å². The number of hydrogen-bond acceptors (Lipinski definition) is 7. The first-order valence-corrected chi connectivity index (χ1v) is 9.06. The molecular weight excluding hydrogens is 409 g/mol. The number of fused-ring (bicyclic) bond motifs is 1. The van der Waals surface area contributed by atoms with Gasteiger partial charge >= 0.3 is 6.18 Å². The van der Waals surface area contributed by atoms with Crippen molar-refractivity contribution in [1.29, 1.82) is 0 Å². The quantitative estimate of drug-likeness (QED) is 0.436. The Balaban J connectivity index is 1.67. The summed E-state index contributed by atoms with van der Waals surface area (Å²) < 4.78 is 44.1. The average Bonchev–Trinajstić information content (AvgIpc) is 2.73. The van der Waals surface area contributed by atoms with Gasteiger partial charge in [0.1, 0.15) is 11.6 Å². The normalized spacial score (nSPS) is 11.5. The molecule has 10 heteroatoms. The minimum Gasteiger partial charge on any atom is -0.497 e. The zero-order valence-electron chi connectivity index (χ0n) is 16.2. The van der Waals surface area contributed by atoms with E-state index in [0.717, 1.165) is 17.4 Å². The number of benzene rings is 2. The van der Waals surface area contributed by atoms with Gasteiger partial charge in [-0.15, -0.1) is 0 Å². The molecule has 0 atom stereocenters. The molecule has 0 radical (unpaired) electrons. The van der Waals surface area contributed by atoms with Crippen LogP contribution in [0.4, 0.5) is 36.3 Å². The highest BCUT2D eigenvalue weighted by Gasteiger charge is 2.33. The molecular formula is C21H17F3N6O. The summed E-state index contributed by atoms with van der Waals surface area (Å²) in [7, 11) is 1.59. The van der Waals surface area contributed by atoms with Crippen LogP contribution in [0.1, 0.15) is 5.69 Å². The molecule has 158 valence electrons. The molecule has 0 aliphatic heterocycles. The summed E-state index contributed by atoms with van der Waals surface area (Å²) in [6, 6.07) is 15.0. The van der Waals surface area contributed by atoms with E-state index in [1.165, 1.54) is 0 Å². The number of nitrogens with two attached hydrogens (primary N) is 2. The number of anilines is 4. The Morgan fingerprint density at radius 2 is 1.65 bits per heavy atom. The van der Waals surface area contributed by atoms with Gasteiger partial charge in [0.15, 0.2) is 5.69 Å². The lowest BCUT2D eigenvalue weighted by Crippen LogP contribution is -2.12. The minimum absolute atomic E-state index is 0.0828. The van der Waals surface area contributed by atoms with Crippen LogP contribution in [0.2, 0.25) is 0 Å². The van der Waals surface area contributed by atoms with Crippen LogP contribution >= 0.6 is 0 Å². The summed E-state index contributed by atoms with van der Waals surface area (Å²) in [6.07, 6.45) is -4.64. The third kappa shape index (κ3) is 4.27. The maximum atomic E-state index is 13.0. The number of methoxy groups -OCH3 is 1. The second-order valence-corrected chi connectivity index (χ2v) is 6.68. The van der Waals surface area contributed by atoms with Crippen LogP contribution in [-0.4, -0.2) is 22.1 Å². The predicted octanol–water partition coefficient (Wildman–Crippen LogP) is 4.63. The molecule has 7 nitrogen and oxygen atoms in total. The maximum Gasteiger partial charge on any atom is 0.433 e. The SMILES string of the molecule is COc1ccc(-c2cc(N)c3cc(Nc4cc(C(F)(F)F)nc(N)n4)ccc3n2)cc1. The zero-order valence-corrected chi connectivity index (χ0v) is 16.2. The molecule has 0 spiro atoms. The van der Waals surface area contributed by atoms with Gasteiger partial charge < -0.3 is 21.5 Å². The van der Waals surface area contributed by atoms with Crippen molar-refractivity contribution in [2.75, 3.05) is 23.9 Å².